The van der Waals surface area contributed by atoms with Gasteiger partial charge in [-0.05, 0) is 32.4 Å². The average Bonchev–Trinajstić information content (AvgIpc) is 2.56. The molecule has 0 fully saturated rings. The second-order valence-corrected chi connectivity index (χ2v) is 7.80. The number of nitrogens with two attached hydrogens (primary N) is 2. The Morgan fingerprint density at radius 1 is 1.22 bits per heavy atom. The molecule has 1 aliphatic rings. The van der Waals surface area contributed by atoms with Gasteiger partial charge in [-0.15, -0.1) is 17.0 Å². The van der Waals surface area contributed by atoms with Crippen molar-refractivity contribution in [1.82, 2.24) is 5.06 Å². The molecular formula is C17H28BrN5O3S. The molecule has 1 atom stereocenters. The summed E-state index contributed by atoms with van der Waals surface area (Å²) in [6.45, 7) is 6.47. The van der Waals surface area contributed by atoms with Crippen molar-refractivity contribution in [3.05, 3.63) is 24.3 Å². The van der Waals surface area contributed by atoms with Crippen LogP contribution in [0.1, 0.15) is 33.6 Å². The van der Waals surface area contributed by atoms with E-state index < -0.39 is 16.5 Å². The quantitative estimate of drug-likeness (QED) is 0.544. The Kier molecular flexibility index (Phi) is 9.20. The van der Waals surface area contributed by atoms with E-state index in [1.165, 1.54) is 5.06 Å². The zero-order chi connectivity index (χ0) is 19.2. The van der Waals surface area contributed by atoms with Gasteiger partial charge >= 0.3 is 0 Å². The monoisotopic (exact) mass is 461 g/mol. The van der Waals surface area contributed by atoms with Gasteiger partial charge in [0.15, 0.2) is 5.66 Å². The molecule has 0 spiro atoms. The van der Waals surface area contributed by atoms with Crippen LogP contribution in [0.4, 0.5) is 0 Å². The van der Waals surface area contributed by atoms with E-state index in [0.717, 1.165) is 11.3 Å². The van der Waals surface area contributed by atoms with Gasteiger partial charge in [0.2, 0.25) is 11.9 Å². The Hall–Kier alpha value is -1.65. The molecule has 1 unspecified atom stereocenters. The lowest BCUT2D eigenvalue weighted by molar-refractivity contribution is -0.158. The van der Waals surface area contributed by atoms with Crippen LogP contribution < -0.4 is 16.2 Å². The number of halogens is 1. The van der Waals surface area contributed by atoms with Crippen molar-refractivity contribution in [2.45, 2.75) is 44.2 Å². The molecule has 0 bridgehead atoms. The van der Waals surface area contributed by atoms with E-state index in [0.29, 0.717) is 31.1 Å². The first-order valence-corrected chi connectivity index (χ1v) is 9.90. The van der Waals surface area contributed by atoms with Crippen molar-refractivity contribution in [2.75, 3.05) is 19.0 Å². The normalized spacial score (nSPS) is 16.8. The summed E-state index contributed by atoms with van der Waals surface area (Å²) in [5.74, 6) is 1.57. The number of hydrogen-bond donors (Lipinski definition) is 2. The van der Waals surface area contributed by atoms with Crippen LogP contribution >= 0.6 is 17.0 Å². The van der Waals surface area contributed by atoms with E-state index in [1.54, 1.807) is 0 Å². The van der Waals surface area contributed by atoms with Gasteiger partial charge in [0.1, 0.15) is 5.75 Å². The molecule has 10 heteroatoms. The highest BCUT2D eigenvalue weighted by Crippen LogP contribution is 2.23. The van der Waals surface area contributed by atoms with E-state index in [-0.39, 0.29) is 28.9 Å². The number of hydroxylamine groups is 2. The first-order chi connectivity index (χ1) is 12.3. The summed E-state index contributed by atoms with van der Waals surface area (Å²) in [4.78, 5) is 14.5. The highest BCUT2D eigenvalue weighted by molar-refractivity contribution is 8.93. The lowest BCUT2D eigenvalue weighted by Crippen LogP contribution is -2.53. The number of benzene rings is 1. The van der Waals surface area contributed by atoms with Crippen molar-refractivity contribution >= 4 is 39.7 Å². The van der Waals surface area contributed by atoms with Crippen molar-refractivity contribution in [1.29, 1.82) is 0 Å². The lowest BCUT2D eigenvalue weighted by Gasteiger charge is -2.36. The highest BCUT2D eigenvalue weighted by Gasteiger charge is 2.32. The molecule has 0 saturated carbocycles. The third kappa shape index (κ3) is 6.47. The van der Waals surface area contributed by atoms with E-state index in [4.69, 9.17) is 21.0 Å². The first kappa shape index (κ1) is 23.4. The molecule has 0 aliphatic carbocycles. The Labute approximate surface area is 173 Å². The summed E-state index contributed by atoms with van der Waals surface area (Å²) in [6, 6.07) is 7.41. The molecule has 0 amide bonds. The van der Waals surface area contributed by atoms with Crippen molar-refractivity contribution < 1.29 is 13.8 Å². The smallest absolute Gasteiger partial charge is 0.226 e. The van der Waals surface area contributed by atoms with E-state index in [1.807, 2.05) is 45.0 Å². The minimum atomic E-state index is -1.05. The second kappa shape index (κ2) is 10.6. The second-order valence-electron chi connectivity index (χ2n) is 6.26. The zero-order valence-electron chi connectivity index (χ0n) is 15.9. The van der Waals surface area contributed by atoms with Crippen LogP contribution in [0.2, 0.25) is 0 Å². The minimum absolute atomic E-state index is 0. The Morgan fingerprint density at radius 3 is 2.59 bits per heavy atom. The standard InChI is InChI=1S/C17H27N5O3S.BrH/c1-4-12-26(23)14-9-6-5-8-13(14)24-10-7-11-25-22-16(19)20-15(18)21-17(22,2)3;/h5-6,8-9H,4,7,10-12H2,1-3H3,(H4,18,19,20,21);1H. The SMILES string of the molecule is Br.CCCS(=O)c1ccccc1OCCCON1C(N)=NC(N)=NC1(C)C. The van der Waals surface area contributed by atoms with Crippen LogP contribution in [0.15, 0.2) is 39.1 Å². The number of aliphatic imine (C=N–C) groups is 2. The molecule has 8 nitrogen and oxygen atoms in total. The van der Waals surface area contributed by atoms with Crippen LogP contribution in [0.5, 0.6) is 5.75 Å². The van der Waals surface area contributed by atoms with Gasteiger partial charge in [-0.25, -0.2) is 4.99 Å². The van der Waals surface area contributed by atoms with Gasteiger partial charge in [0.05, 0.1) is 28.9 Å². The number of ether oxygens (including phenoxy) is 1. The molecule has 1 heterocycles. The maximum atomic E-state index is 12.2. The largest absolute Gasteiger partial charge is 0.492 e. The van der Waals surface area contributed by atoms with Gasteiger partial charge in [-0.3, -0.25) is 9.05 Å². The Balaban J connectivity index is 0.00000364. The average molecular weight is 462 g/mol. The topological polar surface area (TPSA) is 116 Å². The van der Waals surface area contributed by atoms with Crippen LogP contribution in [-0.2, 0) is 15.6 Å². The third-order valence-corrected chi connectivity index (χ3v) is 5.18. The number of nitrogens with zero attached hydrogens (tertiary/aromatic N) is 3. The fraction of sp³-hybridized carbons (Fsp3) is 0.529. The Morgan fingerprint density at radius 2 is 1.93 bits per heavy atom. The van der Waals surface area contributed by atoms with Crippen molar-refractivity contribution in [3.8, 4) is 5.75 Å². The predicted octanol–water partition coefficient (Wildman–Crippen LogP) is 2.16. The maximum absolute atomic E-state index is 12.2. The van der Waals surface area contributed by atoms with Gasteiger partial charge in [-0.1, -0.05) is 19.1 Å². The summed E-state index contributed by atoms with van der Waals surface area (Å²) < 4.78 is 18.0. The number of para-hydroxylation sites is 1. The van der Waals surface area contributed by atoms with Gasteiger partial charge in [0, 0.05) is 12.2 Å². The number of guanidine groups is 2. The fourth-order valence-corrected chi connectivity index (χ4v) is 3.64. The molecule has 27 heavy (non-hydrogen) atoms. The molecule has 1 aromatic carbocycles. The lowest BCUT2D eigenvalue weighted by atomic mass is 10.2. The first-order valence-electron chi connectivity index (χ1n) is 8.58. The molecule has 0 radical (unpaired) electrons. The molecule has 1 aliphatic heterocycles. The van der Waals surface area contributed by atoms with Crippen molar-refractivity contribution in [3.63, 3.8) is 0 Å². The maximum Gasteiger partial charge on any atom is 0.226 e. The number of rotatable bonds is 9. The molecule has 4 N–H and O–H groups in total. The summed E-state index contributed by atoms with van der Waals surface area (Å²) in [5, 5.41) is 1.44. The van der Waals surface area contributed by atoms with Crippen LogP contribution in [0.25, 0.3) is 0 Å². The van der Waals surface area contributed by atoms with Gasteiger partial charge in [0.25, 0.3) is 0 Å². The summed E-state index contributed by atoms with van der Waals surface area (Å²) in [5.41, 5.74) is 10.8. The number of hydrogen-bond acceptors (Lipinski definition) is 8. The van der Waals surface area contributed by atoms with E-state index >= 15 is 0 Å². The molecule has 2 rings (SSSR count). The summed E-state index contributed by atoms with van der Waals surface area (Å²) in [6.07, 6.45) is 1.48. The minimum Gasteiger partial charge on any atom is -0.492 e. The molecule has 0 aromatic heterocycles. The summed E-state index contributed by atoms with van der Waals surface area (Å²) in [7, 11) is -1.05. The molecule has 0 saturated heterocycles. The van der Waals surface area contributed by atoms with Crippen molar-refractivity contribution in [2.24, 2.45) is 21.5 Å². The highest BCUT2D eigenvalue weighted by atomic mass is 79.9. The summed E-state index contributed by atoms with van der Waals surface area (Å²) >= 11 is 0. The van der Waals surface area contributed by atoms with Gasteiger partial charge < -0.3 is 16.2 Å². The van der Waals surface area contributed by atoms with Gasteiger partial charge in [-0.2, -0.15) is 10.1 Å². The Bertz CT molecular complexity index is 712. The third-order valence-electron chi connectivity index (χ3n) is 3.57. The van der Waals surface area contributed by atoms with E-state index in [2.05, 4.69) is 9.98 Å². The van der Waals surface area contributed by atoms with E-state index in [9.17, 15) is 4.21 Å². The van der Waals surface area contributed by atoms with Crippen LogP contribution in [0.3, 0.4) is 0 Å². The fourth-order valence-electron chi connectivity index (χ4n) is 2.47. The van der Waals surface area contributed by atoms with Crippen LogP contribution in [-0.4, -0.2) is 45.8 Å². The molecule has 152 valence electrons. The molecule has 1 aromatic rings. The predicted molar refractivity (Wildman–Crippen MR) is 114 cm³/mol. The molecular weight excluding hydrogens is 434 g/mol. The zero-order valence-corrected chi connectivity index (χ0v) is 18.4. The van der Waals surface area contributed by atoms with Crippen LogP contribution in [0, 0.1) is 0 Å².